The topological polar surface area (TPSA) is 83.6 Å². The predicted molar refractivity (Wildman–Crippen MR) is 108 cm³/mol. The number of anilines is 2. The molecule has 0 bridgehead atoms. The largest absolute Gasteiger partial charge is 0.465 e. The summed E-state index contributed by atoms with van der Waals surface area (Å²) < 4.78 is 4.84. The van der Waals surface area contributed by atoms with E-state index in [0.29, 0.717) is 26.3 Å². The molecule has 0 saturated heterocycles. The van der Waals surface area contributed by atoms with Crippen molar-refractivity contribution in [2.24, 2.45) is 0 Å². The first-order chi connectivity index (χ1) is 12.2. The van der Waals surface area contributed by atoms with E-state index in [1.54, 1.807) is 33.2 Å². The van der Waals surface area contributed by atoms with Crippen molar-refractivity contribution in [3.63, 3.8) is 0 Å². The molecule has 0 atom stereocenters. The van der Waals surface area contributed by atoms with Gasteiger partial charge in [0.25, 0.3) is 5.91 Å². The molecular formula is C16H17ClN4O3S2. The summed E-state index contributed by atoms with van der Waals surface area (Å²) in [4.78, 5) is 30.5. The number of halogens is 1. The molecule has 0 fully saturated rings. The molecule has 1 amide bonds. The third kappa shape index (κ3) is 4.48. The van der Waals surface area contributed by atoms with Crippen LogP contribution in [0.5, 0.6) is 0 Å². The first kappa shape index (κ1) is 20.1. The number of ether oxygens (including phenoxy) is 1. The maximum atomic E-state index is 12.3. The Morgan fingerprint density at radius 2 is 2.00 bits per heavy atom. The average molecular weight is 413 g/mol. The first-order valence-corrected chi connectivity index (χ1v) is 8.97. The Balaban J connectivity index is 2.30. The van der Waals surface area contributed by atoms with Crippen molar-refractivity contribution in [1.82, 2.24) is 9.88 Å². The Hall–Kier alpha value is -2.23. The van der Waals surface area contributed by atoms with Crippen LogP contribution in [0.3, 0.4) is 0 Å². The standard InChI is InChI=1S/C16H17ClN4O3S2/c1-8-11(15(23)24-4)13(26-12(8)14(22)21(2)3)20-16(25)19-10-6-5-9(17)7-18-10/h5-7H,1-4H3,(H2,18,19,20,25). The molecule has 0 aromatic carbocycles. The maximum Gasteiger partial charge on any atom is 0.341 e. The number of thiocarbonyl (C=S) groups is 1. The van der Waals surface area contributed by atoms with Crippen LogP contribution >= 0.6 is 35.2 Å². The highest BCUT2D eigenvalue weighted by atomic mass is 35.5. The number of thiophene rings is 1. The van der Waals surface area contributed by atoms with Gasteiger partial charge in [0.1, 0.15) is 10.8 Å². The van der Waals surface area contributed by atoms with E-state index in [2.05, 4.69) is 15.6 Å². The van der Waals surface area contributed by atoms with Crippen LogP contribution in [0.1, 0.15) is 25.6 Å². The van der Waals surface area contributed by atoms with Crippen molar-refractivity contribution in [3.8, 4) is 0 Å². The molecule has 10 heteroatoms. The minimum absolute atomic E-state index is 0.205. The number of aromatic nitrogens is 1. The van der Waals surface area contributed by atoms with Crippen molar-refractivity contribution in [2.75, 3.05) is 31.8 Å². The van der Waals surface area contributed by atoms with Gasteiger partial charge in [-0.1, -0.05) is 11.6 Å². The van der Waals surface area contributed by atoms with E-state index >= 15 is 0 Å². The zero-order chi connectivity index (χ0) is 19.4. The summed E-state index contributed by atoms with van der Waals surface area (Å²) in [5, 5.41) is 6.97. The van der Waals surface area contributed by atoms with Crippen LogP contribution in [0.15, 0.2) is 18.3 Å². The number of nitrogens with zero attached hydrogens (tertiary/aromatic N) is 2. The van der Waals surface area contributed by atoms with Gasteiger partial charge >= 0.3 is 5.97 Å². The fourth-order valence-electron chi connectivity index (χ4n) is 2.06. The number of carbonyl (C=O) groups excluding carboxylic acids is 2. The van der Waals surface area contributed by atoms with E-state index in [9.17, 15) is 9.59 Å². The minimum Gasteiger partial charge on any atom is -0.465 e. The van der Waals surface area contributed by atoms with Crippen LogP contribution in [0, 0.1) is 6.92 Å². The number of nitrogens with one attached hydrogen (secondary N) is 2. The zero-order valence-electron chi connectivity index (χ0n) is 14.5. The van der Waals surface area contributed by atoms with Gasteiger partial charge in [-0.3, -0.25) is 4.79 Å². The molecule has 0 saturated carbocycles. The van der Waals surface area contributed by atoms with E-state index in [4.69, 9.17) is 28.6 Å². The van der Waals surface area contributed by atoms with Crippen LogP contribution in [-0.4, -0.2) is 48.1 Å². The second-order valence-corrected chi connectivity index (χ2v) is 7.26. The lowest BCUT2D eigenvalue weighted by atomic mass is 10.1. The van der Waals surface area contributed by atoms with Gasteiger partial charge in [0.05, 0.1) is 22.6 Å². The summed E-state index contributed by atoms with van der Waals surface area (Å²) in [5.41, 5.74) is 0.811. The molecule has 0 unspecified atom stereocenters. The summed E-state index contributed by atoms with van der Waals surface area (Å²) >= 11 is 12.2. The number of pyridine rings is 1. The highest BCUT2D eigenvalue weighted by Crippen LogP contribution is 2.34. The summed E-state index contributed by atoms with van der Waals surface area (Å²) in [5.74, 6) is -0.264. The molecule has 2 rings (SSSR count). The van der Waals surface area contributed by atoms with Gasteiger partial charge < -0.3 is 20.3 Å². The molecule has 2 heterocycles. The van der Waals surface area contributed by atoms with Gasteiger partial charge in [0, 0.05) is 20.3 Å². The number of hydrogen-bond acceptors (Lipinski definition) is 6. The Bertz CT molecular complexity index is 850. The average Bonchev–Trinajstić information content (AvgIpc) is 2.91. The Morgan fingerprint density at radius 1 is 1.31 bits per heavy atom. The van der Waals surface area contributed by atoms with E-state index < -0.39 is 5.97 Å². The summed E-state index contributed by atoms with van der Waals surface area (Å²) in [6, 6.07) is 3.33. The lowest BCUT2D eigenvalue weighted by Crippen LogP contribution is -2.21. The van der Waals surface area contributed by atoms with E-state index in [0.717, 1.165) is 11.3 Å². The van der Waals surface area contributed by atoms with Crippen LogP contribution in [0.4, 0.5) is 10.8 Å². The molecule has 7 nitrogen and oxygen atoms in total. The lowest BCUT2D eigenvalue weighted by Gasteiger charge is -2.10. The van der Waals surface area contributed by atoms with Crippen molar-refractivity contribution < 1.29 is 14.3 Å². The van der Waals surface area contributed by atoms with E-state index in [1.807, 2.05) is 0 Å². The number of hydrogen-bond donors (Lipinski definition) is 2. The molecule has 0 aliphatic rings. The SMILES string of the molecule is COC(=O)c1c(NC(=S)Nc2ccc(Cl)cn2)sc(C(=O)N(C)C)c1C. The fourth-order valence-corrected chi connectivity index (χ4v) is 3.66. The van der Waals surface area contributed by atoms with Crippen molar-refractivity contribution in [2.45, 2.75) is 6.92 Å². The Morgan fingerprint density at radius 3 is 2.54 bits per heavy atom. The molecule has 0 aliphatic heterocycles. The minimum atomic E-state index is -0.550. The van der Waals surface area contributed by atoms with Crippen molar-refractivity contribution in [1.29, 1.82) is 0 Å². The number of amides is 1. The number of carbonyl (C=O) groups is 2. The monoisotopic (exact) mass is 412 g/mol. The van der Waals surface area contributed by atoms with Crippen molar-refractivity contribution in [3.05, 3.63) is 39.4 Å². The molecule has 2 aromatic rings. The van der Waals surface area contributed by atoms with Crippen LogP contribution < -0.4 is 10.6 Å². The summed E-state index contributed by atoms with van der Waals surface area (Å²) in [6.07, 6.45) is 1.48. The third-order valence-electron chi connectivity index (χ3n) is 3.33. The van der Waals surface area contributed by atoms with Crippen LogP contribution in [-0.2, 0) is 4.74 Å². The second kappa shape index (κ2) is 8.43. The molecule has 0 radical (unpaired) electrons. The van der Waals surface area contributed by atoms with Gasteiger partial charge in [0.2, 0.25) is 0 Å². The van der Waals surface area contributed by atoms with Crippen LogP contribution in [0.2, 0.25) is 5.02 Å². The molecule has 26 heavy (non-hydrogen) atoms. The van der Waals surface area contributed by atoms with Gasteiger partial charge in [0.15, 0.2) is 5.11 Å². The summed E-state index contributed by atoms with van der Waals surface area (Å²) in [7, 11) is 4.57. The predicted octanol–water partition coefficient (Wildman–Crippen LogP) is 3.40. The normalized spacial score (nSPS) is 10.2. The van der Waals surface area contributed by atoms with Gasteiger partial charge in [-0.2, -0.15) is 0 Å². The highest BCUT2D eigenvalue weighted by molar-refractivity contribution is 7.80. The van der Waals surface area contributed by atoms with Crippen LogP contribution in [0.25, 0.3) is 0 Å². The summed E-state index contributed by atoms with van der Waals surface area (Å²) in [6.45, 7) is 1.70. The third-order valence-corrected chi connectivity index (χ3v) is 4.96. The lowest BCUT2D eigenvalue weighted by molar-refractivity contribution is 0.0601. The smallest absolute Gasteiger partial charge is 0.341 e. The molecule has 0 spiro atoms. The highest BCUT2D eigenvalue weighted by Gasteiger charge is 2.26. The maximum absolute atomic E-state index is 12.3. The number of esters is 1. The van der Waals surface area contributed by atoms with Gasteiger partial charge in [-0.05, 0) is 36.8 Å². The number of methoxy groups -OCH3 is 1. The Kier molecular flexibility index (Phi) is 6.52. The second-order valence-electron chi connectivity index (χ2n) is 5.39. The molecule has 2 aromatic heterocycles. The molecule has 0 aliphatic carbocycles. The quantitative estimate of drug-likeness (QED) is 0.588. The van der Waals surface area contributed by atoms with Crippen molar-refractivity contribution >= 4 is 63.0 Å². The Labute approximate surface area is 165 Å². The molecule has 2 N–H and O–H groups in total. The van der Waals surface area contributed by atoms with Gasteiger partial charge in [-0.25, -0.2) is 9.78 Å². The van der Waals surface area contributed by atoms with E-state index in [1.165, 1.54) is 18.2 Å². The van der Waals surface area contributed by atoms with Gasteiger partial charge in [-0.15, -0.1) is 11.3 Å². The molecule has 138 valence electrons. The fraction of sp³-hybridized carbons (Fsp3) is 0.250. The van der Waals surface area contributed by atoms with E-state index in [-0.39, 0.29) is 16.6 Å². The first-order valence-electron chi connectivity index (χ1n) is 7.37. The zero-order valence-corrected chi connectivity index (χ0v) is 16.9. The number of rotatable bonds is 4. The molecular weight excluding hydrogens is 396 g/mol.